The summed E-state index contributed by atoms with van der Waals surface area (Å²) in [4.78, 5) is 31.9. The minimum absolute atomic E-state index is 0.0998. The molecule has 2 saturated heterocycles. The molecule has 6 nitrogen and oxygen atoms in total. The zero-order valence-corrected chi connectivity index (χ0v) is 23.1. The van der Waals surface area contributed by atoms with Crippen LogP contribution < -0.4 is 15.1 Å². The first-order valence-electron chi connectivity index (χ1n) is 13.1. The van der Waals surface area contributed by atoms with Crippen molar-refractivity contribution >= 4 is 52.1 Å². The van der Waals surface area contributed by atoms with Crippen LogP contribution in [-0.4, -0.2) is 56.0 Å². The lowest BCUT2D eigenvalue weighted by Crippen LogP contribution is -2.48. The average molecular weight is 554 g/mol. The van der Waals surface area contributed by atoms with Crippen LogP contribution in [0.25, 0.3) is 0 Å². The Balaban J connectivity index is 1.24. The molecule has 1 N–H and O–H groups in total. The second kappa shape index (κ2) is 13.5. The standard InChI is InChI=1S/C30H34Cl2N4O2/c1-23(31)6-4-7-25(32)12-15-29(37)36-20-18-35(19-21-36)27-13-10-24(11-14-27)30(38)33-26-8-5-9-28(22-26)34-16-2-3-17-34/h4-11,13-14,22H,1-3,12,15-21H2,(H,33,38)/b6-4-,25-7+. The van der Waals surface area contributed by atoms with Crippen molar-refractivity contribution in [1.29, 1.82) is 0 Å². The zero-order chi connectivity index (χ0) is 26.9. The fraction of sp³-hybridized carbons (Fsp3) is 0.333. The van der Waals surface area contributed by atoms with Gasteiger partial charge in [0, 0.05) is 78.4 Å². The highest BCUT2D eigenvalue weighted by Crippen LogP contribution is 2.24. The Hall–Kier alpha value is -3.22. The number of hydrogen-bond acceptors (Lipinski definition) is 4. The quantitative estimate of drug-likeness (QED) is 0.365. The summed E-state index contributed by atoms with van der Waals surface area (Å²) in [6, 6.07) is 15.7. The molecule has 2 aromatic rings. The van der Waals surface area contributed by atoms with Gasteiger partial charge in [-0.25, -0.2) is 0 Å². The van der Waals surface area contributed by atoms with Gasteiger partial charge in [0.1, 0.15) is 0 Å². The van der Waals surface area contributed by atoms with Gasteiger partial charge in [0.15, 0.2) is 0 Å². The molecule has 0 saturated carbocycles. The molecule has 2 aromatic carbocycles. The first-order chi connectivity index (χ1) is 18.4. The Bertz CT molecular complexity index is 1190. The van der Waals surface area contributed by atoms with Crippen molar-refractivity contribution in [2.24, 2.45) is 0 Å². The smallest absolute Gasteiger partial charge is 0.255 e. The average Bonchev–Trinajstić information content (AvgIpc) is 3.47. The maximum absolute atomic E-state index is 12.8. The highest BCUT2D eigenvalue weighted by molar-refractivity contribution is 6.31. The van der Waals surface area contributed by atoms with E-state index in [4.69, 9.17) is 23.2 Å². The first kappa shape index (κ1) is 27.8. The van der Waals surface area contributed by atoms with Gasteiger partial charge in [0.2, 0.25) is 5.91 Å². The van der Waals surface area contributed by atoms with E-state index in [2.05, 4.69) is 27.8 Å². The molecule has 38 heavy (non-hydrogen) atoms. The number of carbonyl (C=O) groups is 2. The molecule has 0 spiro atoms. The molecule has 2 aliphatic heterocycles. The number of benzene rings is 2. The van der Waals surface area contributed by atoms with E-state index in [1.807, 2.05) is 47.4 Å². The first-order valence-corrected chi connectivity index (χ1v) is 13.8. The minimum Gasteiger partial charge on any atom is -0.371 e. The van der Waals surface area contributed by atoms with E-state index in [0.29, 0.717) is 41.6 Å². The second-order valence-corrected chi connectivity index (χ2v) is 10.5. The lowest BCUT2D eigenvalue weighted by molar-refractivity contribution is -0.131. The van der Waals surface area contributed by atoms with E-state index in [9.17, 15) is 9.59 Å². The van der Waals surface area contributed by atoms with E-state index in [-0.39, 0.29) is 11.8 Å². The van der Waals surface area contributed by atoms with Gasteiger partial charge < -0.3 is 20.0 Å². The second-order valence-electron chi connectivity index (χ2n) is 9.53. The van der Waals surface area contributed by atoms with Crippen molar-refractivity contribution in [3.05, 3.63) is 89.0 Å². The third-order valence-corrected chi connectivity index (χ3v) is 7.28. The van der Waals surface area contributed by atoms with Crippen LogP contribution in [-0.2, 0) is 4.79 Å². The van der Waals surface area contributed by atoms with Gasteiger partial charge >= 0.3 is 0 Å². The predicted molar refractivity (Wildman–Crippen MR) is 158 cm³/mol. The van der Waals surface area contributed by atoms with Crippen LogP contribution in [0.5, 0.6) is 0 Å². The van der Waals surface area contributed by atoms with Crippen LogP contribution in [0.4, 0.5) is 17.1 Å². The molecule has 0 bridgehead atoms. The van der Waals surface area contributed by atoms with Gasteiger partial charge in [0.05, 0.1) is 0 Å². The SMILES string of the molecule is C=C(Cl)/C=C\C=C(\Cl)CCC(=O)N1CCN(c2ccc(C(=O)Nc3cccc(N4CCCC4)c3)cc2)CC1. The maximum Gasteiger partial charge on any atom is 0.255 e. The van der Waals surface area contributed by atoms with Crippen LogP contribution in [0.2, 0.25) is 0 Å². The normalized spacial score (nSPS) is 16.3. The Morgan fingerprint density at radius 3 is 2.24 bits per heavy atom. The van der Waals surface area contributed by atoms with Gasteiger partial charge in [-0.3, -0.25) is 9.59 Å². The molecule has 0 unspecified atom stereocenters. The molecular weight excluding hydrogens is 519 g/mol. The Labute approximate surface area is 235 Å². The van der Waals surface area contributed by atoms with Crippen LogP contribution in [0.3, 0.4) is 0 Å². The Morgan fingerprint density at radius 1 is 0.868 bits per heavy atom. The summed E-state index contributed by atoms with van der Waals surface area (Å²) in [7, 11) is 0. The lowest BCUT2D eigenvalue weighted by Gasteiger charge is -2.36. The molecule has 2 heterocycles. The highest BCUT2D eigenvalue weighted by Gasteiger charge is 2.21. The van der Waals surface area contributed by atoms with E-state index >= 15 is 0 Å². The molecule has 0 aromatic heterocycles. The number of allylic oxidation sites excluding steroid dienone is 5. The van der Waals surface area contributed by atoms with Gasteiger partial charge in [-0.2, -0.15) is 0 Å². The molecular formula is C30H34Cl2N4O2. The molecule has 2 amide bonds. The highest BCUT2D eigenvalue weighted by atomic mass is 35.5. The van der Waals surface area contributed by atoms with E-state index in [1.165, 1.54) is 12.8 Å². The summed E-state index contributed by atoms with van der Waals surface area (Å²) in [5, 5.41) is 4.06. The van der Waals surface area contributed by atoms with Crippen molar-refractivity contribution in [1.82, 2.24) is 4.90 Å². The lowest BCUT2D eigenvalue weighted by atomic mass is 10.1. The summed E-state index contributed by atoms with van der Waals surface area (Å²) in [6.45, 7) is 8.50. The molecule has 2 fully saturated rings. The topological polar surface area (TPSA) is 55.9 Å². The summed E-state index contributed by atoms with van der Waals surface area (Å²) in [6.07, 6.45) is 8.40. The molecule has 0 radical (unpaired) electrons. The fourth-order valence-corrected chi connectivity index (χ4v) is 4.96. The fourth-order valence-electron chi connectivity index (χ4n) is 4.72. The van der Waals surface area contributed by atoms with Gasteiger partial charge in [-0.15, -0.1) is 0 Å². The number of amides is 2. The maximum atomic E-state index is 12.8. The summed E-state index contributed by atoms with van der Waals surface area (Å²) >= 11 is 11.9. The Kier molecular flexibility index (Phi) is 9.91. The van der Waals surface area contributed by atoms with Gasteiger partial charge in [0.25, 0.3) is 5.91 Å². The van der Waals surface area contributed by atoms with Crippen molar-refractivity contribution in [2.45, 2.75) is 25.7 Å². The molecule has 0 aliphatic carbocycles. The molecule has 200 valence electrons. The van der Waals surface area contributed by atoms with Gasteiger partial charge in [-0.05, 0) is 73.9 Å². The zero-order valence-electron chi connectivity index (χ0n) is 21.5. The Morgan fingerprint density at radius 2 is 1.55 bits per heavy atom. The van der Waals surface area contributed by atoms with Crippen molar-refractivity contribution in [3.63, 3.8) is 0 Å². The third-order valence-electron chi connectivity index (χ3n) is 6.83. The minimum atomic E-state index is -0.124. The van der Waals surface area contributed by atoms with Crippen LogP contribution >= 0.6 is 23.2 Å². The van der Waals surface area contributed by atoms with Crippen LogP contribution in [0.1, 0.15) is 36.0 Å². The largest absolute Gasteiger partial charge is 0.371 e. The number of carbonyl (C=O) groups excluding carboxylic acids is 2. The van der Waals surface area contributed by atoms with Crippen LogP contribution in [0.15, 0.2) is 83.4 Å². The predicted octanol–water partition coefficient (Wildman–Crippen LogP) is 6.40. The van der Waals surface area contributed by atoms with Crippen LogP contribution in [0, 0.1) is 0 Å². The molecule has 8 heteroatoms. The number of halogens is 2. The molecule has 4 rings (SSSR count). The van der Waals surface area contributed by atoms with Crippen molar-refractivity contribution in [3.8, 4) is 0 Å². The number of nitrogens with one attached hydrogen (secondary N) is 1. The van der Waals surface area contributed by atoms with Gasteiger partial charge in [-0.1, -0.05) is 41.9 Å². The number of anilines is 3. The van der Waals surface area contributed by atoms with E-state index < -0.39 is 0 Å². The number of piperazine rings is 1. The molecule has 0 atom stereocenters. The monoisotopic (exact) mass is 552 g/mol. The van der Waals surface area contributed by atoms with Crippen molar-refractivity contribution < 1.29 is 9.59 Å². The summed E-state index contributed by atoms with van der Waals surface area (Å²) < 4.78 is 0. The number of hydrogen-bond donors (Lipinski definition) is 1. The summed E-state index contributed by atoms with van der Waals surface area (Å²) in [5.74, 6) is -0.0240. The van der Waals surface area contributed by atoms with E-state index in [0.717, 1.165) is 43.2 Å². The molecule has 2 aliphatic rings. The van der Waals surface area contributed by atoms with E-state index in [1.54, 1.807) is 18.2 Å². The number of rotatable bonds is 9. The van der Waals surface area contributed by atoms with Crippen molar-refractivity contribution in [2.75, 3.05) is 54.4 Å². The summed E-state index contributed by atoms with van der Waals surface area (Å²) in [5.41, 5.74) is 3.62. The number of nitrogens with zero attached hydrogens (tertiary/aromatic N) is 3. The third kappa shape index (κ3) is 7.89.